The molecule has 2 saturated carbocycles. The molecule has 3 rings (SSSR count). The molecule has 0 radical (unpaired) electrons. The molecule has 0 unspecified atom stereocenters. The van der Waals surface area contributed by atoms with Crippen molar-refractivity contribution in [2.24, 2.45) is 5.92 Å². The quantitative estimate of drug-likeness (QED) is 0.834. The van der Waals surface area contributed by atoms with Crippen molar-refractivity contribution in [3.63, 3.8) is 0 Å². The standard InChI is InChI=1S/C17H30N2O2/c20-16(14-5-4-6-14)18-15-7-11-19(12-8-15)13-17(21)9-2-1-3-10-17/h14-15,21H,1-13H2,(H,18,20). The first-order valence-electron chi connectivity index (χ1n) is 8.90. The van der Waals surface area contributed by atoms with Gasteiger partial charge in [-0.3, -0.25) is 4.79 Å². The highest BCUT2D eigenvalue weighted by Gasteiger charge is 2.33. The van der Waals surface area contributed by atoms with E-state index in [2.05, 4.69) is 10.2 Å². The highest BCUT2D eigenvalue weighted by molar-refractivity contribution is 5.79. The monoisotopic (exact) mass is 294 g/mol. The second-order valence-corrected chi connectivity index (χ2v) is 7.47. The third kappa shape index (κ3) is 3.98. The summed E-state index contributed by atoms with van der Waals surface area (Å²) in [6.07, 6.45) is 11.0. The van der Waals surface area contributed by atoms with Crippen LogP contribution in [0.3, 0.4) is 0 Å². The summed E-state index contributed by atoms with van der Waals surface area (Å²) in [5.74, 6) is 0.580. The number of carbonyl (C=O) groups excluding carboxylic acids is 1. The molecule has 3 aliphatic rings. The van der Waals surface area contributed by atoms with Crippen molar-refractivity contribution < 1.29 is 9.90 Å². The van der Waals surface area contributed by atoms with Crippen molar-refractivity contribution in [1.82, 2.24) is 10.2 Å². The fraction of sp³-hybridized carbons (Fsp3) is 0.941. The number of carbonyl (C=O) groups is 1. The Morgan fingerprint density at radius 3 is 2.29 bits per heavy atom. The summed E-state index contributed by atoms with van der Waals surface area (Å²) in [5, 5.41) is 13.9. The minimum Gasteiger partial charge on any atom is -0.389 e. The van der Waals surface area contributed by atoms with E-state index in [4.69, 9.17) is 0 Å². The van der Waals surface area contributed by atoms with Gasteiger partial charge in [-0.2, -0.15) is 0 Å². The number of amides is 1. The molecule has 4 nitrogen and oxygen atoms in total. The van der Waals surface area contributed by atoms with Gasteiger partial charge >= 0.3 is 0 Å². The minimum absolute atomic E-state index is 0.283. The number of likely N-dealkylation sites (tertiary alicyclic amines) is 1. The molecule has 2 aliphatic carbocycles. The summed E-state index contributed by atoms with van der Waals surface area (Å²) < 4.78 is 0. The maximum absolute atomic E-state index is 12.0. The predicted octanol–water partition coefficient (Wildman–Crippen LogP) is 2.06. The molecule has 4 heteroatoms. The van der Waals surface area contributed by atoms with Crippen molar-refractivity contribution >= 4 is 5.91 Å². The smallest absolute Gasteiger partial charge is 0.223 e. The molecule has 0 aromatic carbocycles. The Kier molecular flexibility index (Phi) is 4.85. The third-order valence-electron chi connectivity index (χ3n) is 5.71. The van der Waals surface area contributed by atoms with Gasteiger partial charge in [0.15, 0.2) is 0 Å². The number of aliphatic hydroxyl groups is 1. The van der Waals surface area contributed by atoms with Crippen LogP contribution in [-0.2, 0) is 4.79 Å². The Bertz CT molecular complexity index is 354. The summed E-state index contributed by atoms with van der Waals surface area (Å²) >= 11 is 0. The molecule has 3 fully saturated rings. The highest BCUT2D eigenvalue weighted by atomic mass is 16.3. The van der Waals surface area contributed by atoms with Crippen molar-refractivity contribution in [2.75, 3.05) is 19.6 Å². The van der Waals surface area contributed by atoms with Gasteiger partial charge in [0.1, 0.15) is 0 Å². The zero-order chi connectivity index (χ0) is 14.7. The lowest BCUT2D eigenvalue weighted by molar-refractivity contribution is -0.128. The maximum atomic E-state index is 12.0. The molecule has 0 bridgehead atoms. The van der Waals surface area contributed by atoms with Gasteiger partial charge in [-0.1, -0.05) is 25.7 Å². The molecule has 0 aromatic rings. The van der Waals surface area contributed by atoms with Crippen LogP contribution in [0.4, 0.5) is 0 Å². The van der Waals surface area contributed by atoms with Gasteiger partial charge in [-0.25, -0.2) is 0 Å². The van der Waals surface area contributed by atoms with Gasteiger partial charge in [0.2, 0.25) is 5.91 Å². The lowest BCUT2D eigenvalue weighted by Crippen LogP contribution is -2.51. The van der Waals surface area contributed by atoms with E-state index < -0.39 is 5.60 Å². The molecular weight excluding hydrogens is 264 g/mol. The molecule has 0 spiro atoms. The minimum atomic E-state index is -0.444. The highest BCUT2D eigenvalue weighted by Crippen LogP contribution is 2.30. The van der Waals surface area contributed by atoms with E-state index in [9.17, 15) is 9.90 Å². The third-order valence-corrected chi connectivity index (χ3v) is 5.71. The fourth-order valence-corrected chi connectivity index (χ4v) is 4.01. The van der Waals surface area contributed by atoms with Crippen LogP contribution in [-0.4, -0.2) is 47.2 Å². The van der Waals surface area contributed by atoms with Crippen LogP contribution in [0.2, 0.25) is 0 Å². The zero-order valence-electron chi connectivity index (χ0n) is 13.1. The fourth-order valence-electron chi connectivity index (χ4n) is 4.01. The number of hydrogen-bond donors (Lipinski definition) is 2. The Morgan fingerprint density at radius 1 is 1.05 bits per heavy atom. The van der Waals surface area contributed by atoms with E-state index in [1.807, 2.05) is 0 Å². The van der Waals surface area contributed by atoms with E-state index in [0.29, 0.717) is 12.0 Å². The van der Waals surface area contributed by atoms with Gasteiger partial charge in [0, 0.05) is 31.6 Å². The number of nitrogens with one attached hydrogen (secondary N) is 1. The number of rotatable bonds is 4. The number of hydrogen-bond acceptors (Lipinski definition) is 3. The van der Waals surface area contributed by atoms with Crippen molar-refractivity contribution in [3.05, 3.63) is 0 Å². The number of nitrogens with zero attached hydrogens (tertiary/aromatic N) is 1. The van der Waals surface area contributed by atoms with Crippen LogP contribution in [0.5, 0.6) is 0 Å². The van der Waals surface area contributed by atoms with Gasteiger partial charge in [0.05, 0.1) is 5.60 Å². The Hall–Kier alpha value is -0.610. The molecule has 1 saturated heterocycles. The molecule has 1 amide bonds. The number of piperidine rings is 1. The largest absolute Gasteiger partial charge is 0.389 e. The van der Waals surface area contributed by atoms with Gasteiger partial charge < -0.3 is 15.3 Å². The summed E-state index contributed by atoms with van der Waals surface area (Å²) in [6, 6.07) is 0.357. The molecule has 120 valence electrons. The van der Waals surface area contributed by atoms with Gasteiger partial charge in [-0.05, 0) is 38.5 Å². The van der Waals surface area contributed by atoms with E-state index in [-0.39, 0.29) is 5.91 Å². The van der Waals surface area contributed by atoms with Crippen molar-refractivity contribution in [2.45, 2.75) is 75.9 Å². The van der Waals surface area contributed by atoms with Gasteiger partial charge in [-0.15, -0.1) is 0 Å². The van der Waals surface area contributed by atoms with E-state index in [0.717, 1.165) is 58.2 Å². The van der Waals surface area contributed by atoms with Crippen LogP contribution in [0, 0.1) is 5.92 Å². The first-order valence-corrected chi connectivity index (χ1v) is 8.90. The first kappa shape index (κ1) is 15.3. The molecule has 1 heterocycles. The molecule has 1 aliphatic heterocycles. The topological polar surface area (TPSA) is 52.6 Å². The van der Waals surface area contributed by atoms with E-state index in [1.165, 1.54) is 25.7 Å². The Balaban J connectivity index is 1.39. The van der Waals surface area contributed by atoms with E-state index >= 15 is 0 Å². The lowest BCUT2D eigenvalue weighted by Gasteiger charge is -2.40. The molecule has 0 atom stereocenters. The molecule has 2 N–H and O–H groups in total. The maximum Gasteiger partial charge on any atom is 0.223 e. The summed E-state index contributed by atoms with van der Waals surface area (Å²) in [5.41, 5.74) is -0.444. The van der Waals surface area contributed by atoms with Crippen LogP contribution >= 0.6 is 0 Å². The summed E-state index contributed by atoms with van der Waals surface area (Å²) in [6.45, 7) is 2.85. The second-order valence-electron chi connectivity index (χ2n) is 7.47. The van der Waals surface area contributed by atoms with Gasteiger partial charge in [0.25, 0.3) is 0 Å². The second kappa shape index (κ2) is 6.66. The average molecular weight is 294 g/mol. The number of β-amino-alcohol motifs (C(OH)–C–C–N with tert-alkyl or cyclic N) is 1. The SMILES string of the molecule is O=C(NC1CCN(CC2(O)CCCCC2)CC1)C1CCC1. The average Bonchev–Trinajstić information content (AvgIpc) is 2.39. The normalized spacial score (nSPS) is 28.0. The van der Waals surface area contributed by atoms with Crippen LogP contribution in [0.25, 0.3) is 0 Å². The predicted molar refractivity (Wildman–Crippen MR) is 83.0 cm³/mol. The summed E-state index contributed by atoms with van der Waals surface area (Å²) in [7, 11) is 0. The van der Waals surface area contributed by atoms with E-state index in [1.54, 1.807) is 0 Å². The van der Waals surface area contributed by atoms with Crippen molar-refractivity contribution in [1.29, 1.82) is 0 Å². The van der Waals surface area contributed by atoms with Crippen LogP contribution in [0.15, 0.2) is 0 Å². The molecule has 21 heavy (non-hydrogen) atoms. The van der Waals surface area contributed by atoms with Crippen molar-refractivity contribution in [3.8, 4) is 0 Å². The first-order chi connectivity index (χ1) is 10.1. The van der Waals surface area contributed by atoms with Crippen LogP contribution < -0.4 is 5.32 Å². The lowest BCUT2D eigenvalue weighted by atomic mass is 9.83. The molecular formula is C17H30N2O2. The Labute approximate surface area is 128 Å². The Morgan fingerprint density at radius 2 is 1.71 bits per heavy atom. The molecule has 0 aromatic heterocycles. The van der Waals surface area contributed by atoms with Crippen LogP contribution in [0.1, 0.15) is 64.2 Å². The summed E-state index contributed by atoms with van der Waals surface area (Å²) in [4.78, 5) is 14.4. The zero-order valence-corrected chi connectivity index (χ0v) is 13.1.